The summed E-state index contributed by atoms with van der Waals surface area (Å²) in [6.07, 6.45) is 3.97. The monoisotopic (exact) mass is 229 g/mol. The van der Waals surface area contributed by atoms with Crippen LogP contribution in [-0.2, 0) is 11.3 Å². The number of imidazole rings is 1. The Labute approximate surface area is 94.8 Å². The molecule has 2 rings (SSSR count). The number of alkyl halides is 1. The highest BCUT2D eigenvalue weighted by atomic mass is 35.5. The van der Waals surface area contributed by atoms with Crippen molar-refractivity contribution < 1.29 is 4.74 Å². The average molecular weight is 230 g/mol. The van der Waals surface area contributed by atoms with Gasteiger partial charge in [-0.3, -0.25) is 0 Å². The molecule has 0 amide bonds. The second-order valence-corrected chi connectivity index (χ2v) is 3.91. The fourth-order valence-electron chi connectivity index (χ4n) is 1.83. The van der Waals surface area contributed by atoms with Crippen LogP contribution >= 0.6 is 11.6 Å². The van der Waals surface area contributed by atoms with E-state index in [1.165, 1.54) is 0 Å². The van der Waals surface area contributed by atoms with Crippen LogP contribution in [0.2, 0.25) is 0 Å². The molecule has 0 aliphatic carbocycles. The van der Waals surface area contributed by atoms with Crippen LogP contribution in [0.15, 0.2) is 12.4 Å². The second-order valence-electron chi connectivity index (χ2n) is 3.61. The number of halogens is 1. The van der Waals surface area contributed by atoms with Gasteiger partial charge in [-0.1, -0.05) is 0 Å². The lowest BCUT2D eigenvalue weighted by molar-refractivity contribution is 0.0546. The number of morpholine rings is 1. The lowest BCUT2D eigenvalue weighted by Gasteiger charge is -2.32. The van der Waals surface area contributed by atoms with E-state index < -0.39 is 0 Å². The fourth-order valence-corrected chi connectivity index (χ4v) is 2.01. The van der Waals surface area contributed by atoms with Crippen molar-refractivity contribution in [3.8, 4) is 0 Å². The van der Waals surface area contributed by atoms with E-state index in [1.54, 1.807) is 0 Å². The molecular formula is C10H16ClN3O. The van der Waals surface area contributed by atoms with Gasteiger partial charge < -0.3 is 14.2 Å². The predicted molar refractivity (Wildman–Crippen MR) is 60.6 cm³/mol. The van der Waals surface area contributed by atoms with E-state index in [0.717, 1.165) is 32.2 Å². The van der Waals surface area contributed by atoms with E-state index in [-0.39, 0.29) is 6.10 Å². The number of aromatic nitrogens is 2. The first-order chi connectivity index (χ1) is 7.35. The first kappa shape index (κ1) is 10.8. The molecule has 0 N–H and O–H groups in total. The van der Waals surface area contributed by atoms with Crippen molar-refractivity contribution >= 4 is 17.5 Å². The molecule has 4 nitrogen and oxygen atoms in total. The SMILES string of the molecule is CCn1ccnc1N1CCOC(CCl)C1. The summed E-state index contributed by atoms with van der Waals surface area (Å²) in [5, 5.41) is 0. The van der Waals surface area contributed by atoms with Gasteiger partial charge in [0.2, 0.25) is 5.95 Å². The highest BCUT2D eigenvalue weighted by molar-refractivity contribution is 6.18. The summed E-state index contributed by atoms with van der Waals surface area (Å²) in [5.74, 6) is 1.57. The van der Waals surface area contributed by atoms with Gasteiger partial charge in [-0.25, -0.2) is 4.98 Å². The summed E-state index contributed by atoms with van der Waals surface area (Å²) in [5.41, 5.74) is 0. The minimum atomic E-state index is 0.127. The molecule has 1 aromatic heterocycles. The maximum Gasteiger partial charge on any atom is 0.205 e. The van der Waals surface area contributed by atoms with Crippen molar-refractivity contribution in [2.24, 2.45) is 0 Å². The third-order valence-corrected chi connectivity index (χ3v) is 2.97. The third-order valence-electron chi connectivity index (χ3n) is 2.63. The molecule has 84 valence electrons. The highest BCUT2D eigenvalue weighted by Crippen LogP contribution is 2.16. The van der Waals surface area contributed by atoms with Crippen LogP contribution in [0.5, 0.6) is 0 Å². The molecule has 5 heteroatoms. The Morgan fingerprint density at radius 2 is 2.53 bits per heavy atom. The minimum absolute atomic E-state index is 0.127. The molecule has 1 aliphatic rings. The maximum absolute atomic E-state index is 5.80. The molecule has 0 bridgehead atoms. The lowest BCUT2D eigenvalue weighted by Crippen LogP contribution is -2.44. The Kier molecular flexibility index (Phi) is 3.49. The molecule has 1 unspecified atom stereocenters. The number of anilines is 1. The largest absolute Gasteiger partial charge is 0.373 e. The van der Waals surface area contributed by atoms with Gasteiger partial charge in [0.25, 0.3) is 0 Å². The predicted octanol–water partition coefficient (Wildman–Crippen LogP) is 1.35. The van der Waals surface area contributed by atoms with Gasteiger partial charge in [0.05, 0.1) is 18.6 Å². The van der Waals surface area contributed by atoms with Gasteiger partial charge in [-0.05, 0) is 6.92 Å². The third kappa shape index (κ3) is 2.26. The van der Waals surface area contributed by atoms with Gasteiger partial charge in [-0.15, -0.1) is 11.6 Å². The van der Waals surface area contributed by atoms with E-state index in [0.29, 0.717) is 5.88 Å². The van der Waals surface area contributed by atoms with Crippen LogP contribution in [0.3, 0.4) is 0 Å². The molecule has 0 spiro atoms. The molecule has 1 saturated heterocycles. The summed E-state index contributed by atoms with van der Waals surface area (Å²) < 4.78 is 7.65. The van der Waals surface area contributed by atoms with Crippen LogP contribution in [0.25, 0.3) is 0 Å². The molecule has 1 aromatic rings. The van der Waals surface area contributed by atoms with E-state index in [9.17, 15) is 0 Å². The molecule has 2 heterocycles. The number of hydrogen-bond acceptors (Lipinski definition) is 3. The van der Waals surface area contributed by atoms with Crippen LogP contribution in [0, 0.1) is 0 Å². The summed E-state index contributed by atoms with van der Waals surface area (Å²) in [4.78, 5) is 6.61. The van der Waals surface area contributed by atoms with Gasteiger partial charge in [0, 0.05) is 32.0 Å². The Morgan fingerprint density at radius 1 is 1.67 bits per heavy atom. The number of aryl methyl sites for hydroxylation is 1. The maximum atomic E-state index is 5.80. The fraction of sp³-hybridized carbons (Fsp3) is 0.700. The number of ether oxygens (including phenoxy) is 1. The van der Waals surface area contributed by atoms with Crippen molar-refractivity contribution in [1.29, 1.82) is 0 Å². The summed E-state index contributed by atoms with van der Waals surface area (Å²) in [7, 11) is 0. The van der Waals surface area contributed by atoms with Crippen molar-refractivity contribution in [1.82, 2.24) is 9.55 Å². The standard InChI is InChI=1S/C10H16ClN3O/c1-2-13-4-3-12-10(13)14-5-6-15-9(7-11)8-14/h3-4,9H,2,5-8H2,1H3. The summed E-state index contributed by atoms with van der Waals surface area (Å²) in [6.45, 7) is 5.52. The van der Waals surface area contributed by atoms with E-state index in [2.05, 4.69) is 21.4 Å². The zero-order chi connectivity index (χ0) is 10.7. The second kappa shape index (κ2) is 4.86. The van der Waals surface area contributed by atoms with Crippen molar-refractivity contribution in [3.05, 3.63) is 12.4 Å². The van der Waals surface area contributed by atoms with Gasteiger partial charge in [0.1, 0.15) is 0 Å². The van der Waals surface area contributed by atoms with Crippen LogP contribution in [0.1, 0.15) is 6.92 Å². The quantitative estimate of drug-likeness (QED) is 0.733. The zero-order valence-corrected chi connectivity index (χ0v) is 9.65. The van der Waals surface area contributed by atoms with Crippen LogP contribution < -0.4 is 4.90 Å². The summed E-state index contributed by atoms with van der Waals surface area (Å²) >= 11 is 5.80. The normalized spacial score (nSPS) is 22.0. The highest BCUT2D eigenvalue weighted by Gasteiger charge is 2.22. The molecule has 1 fully saturated rings. The Hall–Kier alpha value is -0.740. The Balaban J connectivity index is 2.09. The van der Waals surface area contributed by atoms with Crippen LogP contribution in [-0.4, -0.2) is 41.2 Å². The molecule has 1 aliphatic heterocycles. The average Bonchev–Trinajstić information content (AvgIpc) is 2.77. The van der Waals surface area contributed by atoms with Crippen LogP contribution in [0.4, 0.5) is 5.95 Å². The molecule has 0 aromatic carbocycles. The van der Waals surface area contributed by atoms with Crippen molar-refractivity contribution in [2.45, 2.75) is 19.6 Å². The zero-order valence-electron chi connectivity index (χ0n) is 8.90. The van der Waals surface area contributed by atoms with Gasteiger partial charge in [-0.2, -0.15) is 0 Å². The van der Waals surface area contributed by atoms with E-state index in [4.69, 9.17) is 16.3 Å². The molecule has 0 saturated carbocycles. The van der Waals surface area contributed by atoms with E-state index in [1.807, 2.05) is 12.4 Å². The topological polar surface area (TPSA) is 30.3 Å². The molecular weight excluding hydrogens is 214 g/mol. The Bertz CT molecular complexity index is 315. The number of rotatable bonds is 3. The molecule has 0 radical (unpaired) electrons. The van der Waals surface area contributed by atoms with Gasteiger partial charge in [0.15, 0.2) is 0 Å². The first-order valence-corrected chi connectivity index (χ1v) is 5.82. The lowest BCUT2D eigenvalue weighted by atomic mass is 10.3. The van der Waals surface area contributed by atoms with Crippen molar-refractivity contribution in [3.63, 3.8) is 0 Å². The molecule has 15 heavy (non-hydrogen) atoms. The minimum Gasteiger partial charge on any atom is -0.373 e. The Morgan fingerprint density at radius 3 is 3.27 bits per heavy atom. The first-order valence-electron chi connectivity index (χ1n) is 5.28. The number of nitrogens with zero attached hydrogens (tertiary/aromatic N) is 3. The molecule has 1 atom stereocenters. The number of hydrogen-bond donors (Lipinski definition) is 0. The van der Waals surface area contributed by atoms with E-state index >= 15 is 0 Å². The summed E-state index contributed by atoms with van der Waals surface area (Å²) in [6, 6.07) is 0. The van der Waals surface area contributed by atoms with Crippen molar-refractivity contribution in [2.75, 3.05) is 30.5 Å². The smallest absolute Gasteiger partial charge is 0.205 e. The van der Waals surface area contributed by atoms with Gasteiger partial charge >= 0.3 is 0 Å².